The molecule has 20 heavy (non-hydrogen) atoms. The fourth-order valence-corrected chi connectivity index (χ4v) is 3.14. The minimum Gasteiger partial charge on any atom is -0.503 e. The van der Waals surface area contributed by atoms with Gasteiger partial charge in [-0.25, -0.2) is 0 Å². The van der Waals surface area contributed by atoms with Crippen LogP contribution in [-0.2, 0) is 0 Å². The molecule has 5 heteroatoms. The van der Waals surface area contributed by atoms with E-state index in [2.05, 4.69) is 21.2 Å². The summed E-state index contributed by atoms with van der Waals surface area (Å²) in [6.45, 7) is 0. The number of halogens is 1. The molecule has 0 bridgehead atoms. The molecule has 1 atom stereocenters. The number of nitrogens with one attached hydrogen (secondary N) is 1. The van der Waals surface area contributed by atoms with E-state index in [1.165, 1.54) is 6.26 Å². The topological polar surface area (TPSA) is 45.4 Å². The van der Waals surface area contributed by atoms with Gasteiger partial charge in [-0.05, 0) is 23.6 Å². The lowest BCUT2D eigenvalue weighted by Gasteiger charge is -2.10. The summed E-state index contributed by atoms with van der Waals surface area (Å²) in [5, 5.41) is 15.4. The molecule has 3 nitrogen and oxygen atoms in total. The molecule has 2 N–H and O–H groups in total. The third-order valence-electron chi connectivity index (χ3n) is 2.86. The number of aromatic hydroxyl groups is 1. The highest BCUT2D eigenvalue weighted by atomic mass is 79.9. The lowest BCUT2D eigenvalue weighted by Crippen LogP contribution is -1.91. The predicted molar refractivity (Wildman–Crippen MR) is 86.4 cm³/mol. The predicted octanol–water partition coefficient (Wildman–Crippen LogP) is 5.35. The molecule has 0 saturated heterocycles. The molecule has 0 spiro atoms. The first-order valence-electron chi connectivity index (χ1n) is 6.06. The number of rotatable bonds is 3. The number of furan rings is 1. The molecule has 1 aromatic heterocycles. The fourth-order valence-electron chi connectivity index (χ4n) is 1.91. The van der Waals surface area contributed by atoms with Crippen molar-refractivity contribution in [2.24, 2.45) is 0 Å². The Bertz CT molecular complexity index is 678. The van der Waals surface area contributed by atoms with Crippen LogP contribution in [0.2, 0.25) is 0 Å². The Morgan fingerprint density at radius 2 is 2.20 bits per heavy atom. The number of thioether (sulfide) groups is 1. The summed E-state index contributed by atoms with van der Waals surface area (Å²) >= 11 is 5.01. The quantitative estimate of drug-likeness (QED) is 0.783. The highest BCUT2D eigenvalue weighted by Gasteiger charge is 2.21. The van der Waals surface area contributed by atoms with Crippen LogP contribution in [0.3, 0.4) is 0 Å². The van der Waals surface area contributed by atoms with Gasteiger partial charge in [-0.3, -0.25) is 0 Å². The average molecular weight is 350 g/mol. The van der Waals surface area contributed by atoms with Gasteiger partial charge in [-0.1, -0.05) is 40.2 Å². The van der Waals surface area contributed by atoms with Crippen molar-refractivity contribution in [3.05, 3.63) is 64.4 Å². The Kier molecular flexibility index (Phi) is 3.89. The van der Waals surface area contributed by atoms with Crippen molar-refractivity contribution in [1.29, 1.82) is 0 Å². The van der Waals surface area contributed by atoms with Crippen molar-refractivity contribution in [1.82, 2.24) is 0 Å². The summed E-state index contributed by atoms with van der Waals surface area (Å²) in [5.41, 5.74) is 1.45. The third kappa shape index (κ3) is 2.78. The molecule has 1 aliphatic heterocycles. The van der Waals surface area contributed by atoms with E-state index in [0.29, 0.717) is 11.4 Å². The molecule has 102 valence electrons. The molecule has 0 radical (unpaired) electrons. The lowest BCUT2D eigenvalue weighted by atomic mass is 10.2. The molecule has 0 saturated carbocycles. The van der Waals surface area contributed by atoms with Gasteiger partial charge in [0.25, 0.3) is 0 Å². The van der Waals surface area contributed by atoms with Gasteiger partial charge in [0.1, 0.15) is 12.0 Å². The molecule has 0 amide bonds. The van der Waals surface area contributed by atoms with Crippen molar-refractivity contribution in [3.8, 4) is 5.75 Å². The second-order valence-electron chi connectivity index (χ2n) is 4.27. The van der Waals surface area contributed by atoms with Gasteiger partial charge >= 0.3 is 0 Å². The lowest BCUT2D eigenvalue weighted by molar-refractivity contribution is 0.437. The zero-order valence-corrected chi connectivity index (χ0v) is 12.8. The second-order valence-corrected chi connectivity index (χ2v) is 6.24. The number of anilines is 2. The molecule has 0 fully saturated rings. The Balaban J connectivity index is 1.83. The maximum atomic E-state index is 10.3. The summed E-state index contributed by atoms with van der Waals surface area (Å²) < 4.78 is 6.48. The SMILES string of the molecule is Oc1c(Nc2cccc(Br)c2)coc1C1C=CC=CS1. The van der Waals surface area contributed by atoms with Crippen molar-refractivity contribution in [2.45, 2.75) is 5.25 Å². The Hall–Kier alpha value is -1.59. The number of benzene rings is 1. The van der Waals surface area contributed by atoms with Crippen molar-refractivity contribution < 1.29 is 9.52 Å². The molecular formula is C15H12BrNO2S. The summed E-state index contributed by atoms with van der Waals surface area (Å²) in [5.74, 6) is 0.718. The highest BCUT2D eigenvalue weighted by molar-refractivity contribution is 9.10. The van der Waals surface area contributed by atoms with Crippen LogP contribution in [0.15, 0.2) is 63.1 Å². The zero-order chi connectivity index (χ0) is 13.9. The maximum Gasteiger partial charge on any atom is 0.182 e. The zero-order valence-electron chi connectivity index (χ0n) is 10.4. The van der Waals surface area contributed by atoms with E-state index in [4.69, 9.17) is 4.42 Å². The Morgan fingerprint density at radius 1 is 1.30 bits per heavy atom. The standard InChI is InChI=1S/C15H12BrNO2S/c16-10-4-3-5-11(8-10)17-12-9-19-15(14(12)18)13-6-1-2-7-20-13/h1-9,13,17-18H. The summed E-state index contributed by atoms with van der Waals surface area (Å²) in [7, 11) is 0. The van der Waals surface area contributed by atoms with Crippen LogP contribution in [0.25, 0.3) is 0 Å². The van der Waals surface area contributed by atoms with E-state index in [9.17, 15) is 5.11 Å². The minimum atomic E-state index is 0.0121. The van der Waals surface area contributed by atoms with E-state index in [-0.39, 0.29) is 11.0 Å². The summed E-state index contributed by atoms with van der Waals surface area (Å²) in [4.78, 5) is 0. The van der Waals surface area contributed by atoms with Crippen molar-refractivity contribution in [3.63, 3.8) is 0 Å². The fraction of sp³-hybridized carbons (Fsp3) is 0.0667. The smallest absolute Gasteiger partial charge is 0.182 e. The Labute approximate surface area is 129 Å². The molecule has 2 aromatic rings. The first-order valence-corrected chi connectivity index (χ1v) is 7.79. The van der Waals surface area contributed by atoms with E-state index < -0.39 is 0 Å². The first-order chi connectivity index (χ1) is 9.74. The monoisotopic (exact) mass is 349 g/mol. The molecule has 3 rings (SSSR count). The van der Waals surface area contributed by atoms with Crippen LogP contribution in [0.1, 0.15) is 11.0 Å². The number of hydrogen-bond donors (Lipinski definition) is 2. The molecule has 1 unspecified atom stereocenters. The van der Waals surface area contributed by atoms with Crippen LogP contribution in [0.5, 0.6) is 5.75 Å². The summed E-state index contributed by atoms with van der Waals surface area (Å²) in [6, 6.07) is 7.73. The van der Waals surface area contributed by atoms with Crippen LogP contribution in [0, 0.1) is 0 Å². The van der Waals surface area contributed by atoms with E-state index in [1.807, 2.05) is 47.9 Å². The average Bonchev–Trinajstić information content (AvgIpc) is 2.81. The number of hydrogen-bond acceptors (Lipinski definition) is 4. The van der Waals surface area contributed by atoms with Crippen LogP contribution in [0.4, 0.5) is 11.4 Å². The maximum absolute atomic E-state index is 10.3. The van der Waals surface area contributed by atoms with Crippen molar-refractivity contribution >= 4 is 39.1 Å². The van der Waals surface area contributed by atoms with E-state index >= 15 is 0 Å². The molecule has 1 aliphatic rings. The minimum absolute atomic E-state index is 0.0121. The highest BCUT2D eigenvalue weighted by Crippen LogP contribution is 2.43. The molecule has 2 heterocycles. The van der Waals surface area contributed by atoms with Gasteiger partial charge in [-0.15, -0.1) is 11.8 Å². The number of allylic oxidation sites excluding steroid dienone is 2. The van der Waals surface area contributed by atoms with Gasteiger partial charge in [0.2, 0.25) is 0 Å². The van der Waals surface area contributed by atoms with Gasteiger partial charge in [0, 0.05) is 10.2 Å². The van der Waals surface area contributed by atoms with Crippen LogP contribution >= 0.6 is 27.7 Å². The third-order valence-corrected chi connectivity index (χ3v) is 4.33. The van der Waals surface area contributed by atoms with E-state index in [0.717, 1.165) is 10.2 Å². The van der Waals surface area contributed by atoms with Gasteiger partial charge in [0.15, 0.2) is 11.5 Å². The molecule has 0 aliphatic carbocycles. The first kappa shape index (κ1) is 13.4. The van der Waals surface area contributed by atoms with Gasteiger partial charge in [-0.2, -0.15) is 0 Å². The normalized spacial score (nSPS) is 17.4. The Morgan fingerprint density at radius 3 is 2.95 bits per heavy atom. The van der Waals surface area contributed by atoms with Crippen LogP contribution in [-0.4, -0.2) is 5.11 Å². The van der Waals surface area contributed by atoms with Gasteiger partial charge < -0.3 is 14.8 Å². The largest absolute Gasteiger partial charge is 0.503 e. The summed E-state index contributed by atoms with van der Waals surface area (Å²) in [6.07, 6.45) is 7.44. The second kappa shape index (κ2) is 5.81. The molecular weight excluding hydrogens is 338 g/mol. The van der Waals surface area contributed by atoms with Crippen molar-refractivity contribution in [2.75, 3.05) is 5.32 Å². The van der Waals surface area contributed by atoms with Gasteiger partial charge in [0.05, 0.1) is 5.25 Å². The van der Waals surface area contributed by atoms with Crippen LogP contribution < -0.4 is 5.32 Å². The molecule has 1 aromatic carbocycles. The van der Waals surface area contributed by atoms with E-state index in [1.54, 1.807) is 11.8 Å².